The highest BCUT2D eigenvalue weighted by molar-refractivity contribution is 5.92. The molecule has 0 atom stereocenters. The van der Waals surface area contributed by atoms with E-state index < -0.39 is 0 Å². The van der Waals surface area contributed by atoms with Crippen molar-refractivity contribution >= 4 is 5.91 Å². The van der Waals surface area contributed by atoms with E-state index in [2.05, 4.69) is 34.3 Å². The normalized spacial score (nSPS) is 11.0. The average molecular weight is 317 g/mol. The number of aromatic nitrogens is 4. The van der Waals surface area contributed by atoms with Crippen LogP contribution in [0.1, 0.15) is 41.4 Å². The maximum absolute atomic E-state index is 12.1. The monoisotopic (exact) mass is 317 g/mol. The van der Waals surface area contributed by atoms with Crippen LogP contribution < -0.4 is 11.0 Å². The summed E-state index contributed by atoms with van der Waals surface area (Å²) >= 11 is 0. The summed E-state index contributed by atoms with van der Waals surface area (Å²) in [5.41, 5.74) is 2.54. The number of carbonyl (C=O) groups is 1. The molecule has 0 bridgehead atoms. The van der Waals surface area contributed by atoms with Gasteiger partial charge in [-0.2, -0.15) is 10.1 Å². The van der Waals surface area contributed by atoms with Gasteiger partial charge >= 0.3 is 5.69 Å². The summed E-state index contributed by atoms with van der Waals surface area (Å²) in [6, 6.07) is 3.61. The van der Waals surface area contributed by atoms with Crippen LogP contribution in [-0.2, 0) is 13.0 Å². The lowest BCUT2D eigenvalue weighted by atomic mass is 10.1. The number of hydrogen-bond acceptors (Lipinski definition) is 4. The Balaban J connectivity index is 1.93. The van der Waals surface area contributed by atoms with Gasteiger partial charge in [0.15, 0.2) is 0 Å². The zero-order chi connectivity index (χ0) is 17.0. The molecule has 0 aromatic carbocycles. The minimum absolute atomic E-state index is 0.248. The van der Waals surface area contributed by atoms with Crippen LogP contribution in [0.5, 0.6) is 0 Å². The Hall–Kier alpha value is -2.44. The van der Waals surface area contributed by atoms with Crippen LogP contribution in [0.15, 0.2) is 16.9 Å². The first kappa shape index (κ1) is 16.9. The molecular weight excluding hydrogens is 294 g/mol. The molecule has 0 unspecified atom stereocenters. The lowest BCUT2D eigenvalue weighted by molar-refractivity contribution is 0.0947. The Kier molecular flexibility index (Phi) is 5.31. The molecule has 7 nitrogen and oxygen atoms in total. The fourth-order valence-electron chi connectivity index (χ4n) is 2.44. The average Bonchev–Trinajstić information content (AvgIpc) is 2.89. The second kappa shape index (κ2) is 7.21. The van der Waals surface area contributed by atoms with Gasteiger partial charge in [0.1, 0.15) is 5.69 Å². The highest BCUT2D eigenvalue weighted by Crippen LogP contribution is 2.06. The first-order chi connectivity index (χ1) is 10.9. The largest absolute Gasteiger partial charge is 0.349 e. The Morgan fingerprint density at radius 2 is 2.09 bits per heavy atom. The topological polar surface area (TPSA) is 92.7 Å². The highest BCUT2D eigenvalue weighted by atomic mass is 16.2. The number of aryl methyl sites for hydroxylation is 2. The molecule has 2 aromatic heterocycles. The molecule has 0 aliphatic heterocycles. The molecular formula is C16H23N5O2. The molecule has 0 aliphatic rings. The van der Waals surface area contributed by atoms with Gasteiger partial charge < -0.3 is 5.32 Å². The Morgan fingerprint density at radius 1 is 1.35 bits per heavy atom. The SMILES string of the molecule is Cc1cc(C)n(CCNC(=O)c2cc(CC(C)C)[nH]n2)c(=O)n1. The zero-order valence-corrected chi connectivity index (χ0v) is 14.0. The summed E-state index contributed by atoms with van der Waals surface area (Å²) in [5, 5.41) is 9.67. The number of rotatable bonds is 6. The van der Waals surface area contributed by atoms with Crippen LogP contribution in [0.3, 0.4) is 0 Å². The van der Waals surface area contributed by atoms with Crippen molar-refractivity contribution in [3.8, 4) is 0 Å². The molecule has 0 saturated carbocycles. The molecule has 124 valence electrons. The van der Waals surface area contributed by atoms with Crippen LogP contribution >= 0.6 is 0 Å². The van der Waals surface area contributed by atoms with E-state index in [4.69, 9.17) is 0 Å². The number of aromatic amines is 1. The summed E-state index contributed by atoms with van der Waals surface area (Å²) in [7, 11) is 0. The van der Waals surface area contributed by atoms with Crippen LogP contribution in [0.25, 0.3) is 0 Å². The summed E-state index contributed by atoms with van der Waals surface area (Å²) < 4.78 is 1.54. The molecule has 2 N–H and O–H groups in total. The summed E-state index contributed by atoms with van der Waals surface area (Å²) in [6.45, 7) is 8.58. The van der Waals surface area contributed by atoms with E-state index in [9.17, 15) is 9.59 Å². The first-order valence-electron chi connectivity index (χ1n) is 7.74. The molecule has 1 amide bonds. The van der Waals surface area contributed by atoms with E-state index in [0.717, 1.165) is 17.8 Å². The van der Waals surface area contributed by atoms with Crippen molar-refractivity contribution < 1.29 is 4.79 Å². The molecule has 0 spiro atoms. The number of amides is 1. The van der Waals surface area contributed by atoms with Crippen LogP contribution in [-0.4, -0.2) is 32.2 Å². The van der Waals surface area contributed by atoms with Crippen molar-refractivity contribution in [1.29, 1.82) is 0 Å². The predicted molar refractivity (Wildman–Crippen MR) is 87.4 cm³/mol. The third-order valence-electron chi connectivity index (χ3n) is 3.46. The van der Waals surface area contributed by atoms with E-state index in [1.165, 1.54) is 0 Å². The van der Waals surface area contributed by atoms with Gasteiger partial charge in [0.05, 0.1) is 0 Å². The number of carbonyl (C=O) groups excluding carboxylic acids is 1. The number of hydrogen-bond donors (Lipinski definition) is 2. The maximum atomic E-state index is 12.1. The number of H-pyrrole nitrogens is 1. The number of nitrogens with one attached hydrogen (secondary N) is 2. The predicted octanol–water partition coefficient (Wildman–Crippen LogP) is 1.21. The van der Waals surface area contributed by atoms with Gasteiger partial charge in [0.2, 0.25) is 0 Å². The molecule has 0 saturated heterocycles. The summed E-state index contributed by atoms with van der Waals surface area (Å²) in [5.74, 6) is 0.247. The Morgan fingerprint density at radius 3 is 2.74 bits per heavy atom. The van der Waals surface area contributed by atoms with Gasteiger partial charge in [-0.05, 0) is 38.3 Å². The lowest BCUT2D eigenvalue weighted by Crippen LogP contribution is -2.33. The number of nitrogens with zero attached hydrogens (tertiary/aromatic N) is 3. The van der Waals surface area contributed by atoms with Crippen molar-refractivity contribution in [1.82, 2.24) is 25.1 Å². The van der Waals surface area contributed by atoms with Crippen LogP contribution in [0, 0.1) is 19.8 Å². The minimum atomic E-state index is -0.296. The third-order valence-corrected chi connectivity index (χ3v) is 3.46. The van der Waals surface area contributed by atoms with Gasteiger partial charge in [-0.25, -0.2) is 4.79 Å². The van der Waals surface area contributed by atoms with Gasteiger partial charge in [-0.1, -0.05) is 13.8 Å². The Bertz CT molecular complexity index is 745. The van der Waals surface area contributed by atoms with E-state index >= 15 is 0 Å². The molecule has 2 heterocycles. The molecule has 2 rings (SSSR count). The standard InChI is InChI=1S/C16H23N5O2/c1-10(2)7-13-9-14(20-19-13)15(22)17-5-6-21-12(4)8-11(3)18-16(21)23/h8-10H,5-7H2,1-4H3,(H,17,22)(H,19,20). The van der Waals surface area contributed by atoms with Gasteiger partial charge in [0.25, 0.3) is 5.91 Å². The van der Waals surface area contributed by atoms with E-state index in [0.29, 0.717) is 30.4 Å². The fourth-order valence-corrected chi connectivity index (χ4v) is 2.44. The molecule has 7 heteroatoms. The molecule has 23 heavy (non-hydrogen) atoms. The van der Waals surface area contributed by atoms with E-state index in [-0.39, 0.29) is 11.6 Å². The third kappa shape index (κ3) is 4.51. The molecule has 0 radical (unpaired) electrons. The van der Waals surface area contributed by atoms with Gasteiger partial charge in [-0.3, -0.25) is 14.5 Å². The molecule has 2 aromatic rings. The van der Waals surface area contributed by atoms with Crippen molar-refractivity contribution in [2.24, 2.45) is 5.92 Å². The van der Waals surface area contributed by atoms with E-state index in [1.54, 1.807) is 17.6 Å². The highest BCUT2D eigenvalue weighted by Gasteiger charge is 2.11. The first-order valence-corrected chi connectivity index (χ1v) is 7.74. The summed E-state index contributed by atoms with van der Waals surface area (Å²) in [6.07, 6.45) is 0.851. The minimum Gasteiger partial charge on any atom is -0.349 e. The summed E-state index contributed by atoms with van der Waals surface area (Å²) in [4.78, 5) is 27.8. The van der Waals surface area contributed by atoms with Crippen molar-refractivity contribution in [3.63, 3.8) is 0 Å². The molecule has 0 aliphatic carbocycles. The maximum Gasteiger partial charge on any atom is 0.348 e. The van der Waals surface area contributed by atoms with Crippen molar-refractivity contribution in [2.45, 2.75) is 40.7 Å². The van der Waals surface area contributed by atoms with Crippen molar-refractivity contribution in [3.05, 3.63) is 45.4 Å². The van der Waals surface area contributed by atoms with Gasteiger partial charge in [0, 0.05) is 30.2 Å². The smallest absolute Gasteiger partial charge is 0.348 e. The fraction of sp³-hybridized carbons (Fsp3) is 0.500. The second-order valence-corrected chi connectivity index (χ2v) is 6.11. The second-order valence-electron chi connectivity index (χ2n) is 6.11. The van der Waals surface area contributed by atoms with Crippen molar-refractivity contribution in [2.75, 3.05) is 6.54 Å². The zero-order valence-electron chi connectivity index (χ0n) is 14.0. The van der Waals surface area contributed by atoms with Crippen LogP contribution in [0.2, 0.25) is 0 Å². The lowest BCUT2D eigenvalue weighted by Gasteiger charge is -2.10. The quantitative estimate of drug-likeness (QED) is 0.837. The van der Waals surface area contributed by atoms with Crippen LogP contribution in [0.4, 0.5) is 0 Å². The van der Waals surface area contributed by atoms with E-state index in [1.807, 2.05) is 13.0 Å². The Labute approximate surface area is 135 Å². The molecule has 0 fully saturated rings. The van der Waals surface area contributed by atoms with Gasteiger partial charge in [-0.15, -0.1) is 0 Å².